The lowest BCUT2D eigenvalue weighted by molar-refractivity contribution is 0.603. The molecule has 8 aromatic rings. The lowest BCUT2D eigenvalue weighted by Gasteiger charge is -2.10. The number of rotatable bonds is 7. The van der Waals surface area contributed by atoms with E-state index in [-0.39, 0.29) is 0 Å². The van der Waals surface area contributed by atoms with Crippen LogP contribution in [0.5, 0.6) is 0 Å². The number of hydrogen-bond donors (Lipinski definition) is 0. The highest BCUT2D eigenvalue weighted by molar-refractivity contribution is 6.13. The maximum absolute atomic E-state index is 6.39. The van der Waals surface area contributed by atoms with Crippen LogP contribution < -0.4 is 0 Å². The fraction of sp³-hybridized carbons (Fsp3) is 0.0250. The Kier molecular flexibility index (Phi) is 6.61. The molecule has 0 saturated carbocycles. The summed E-state index contributed by atoms with van der Waals surface area (Å²) >= 11 is 0. The van der Waals surface area contributed by atoms with Crippen LogP contribution in [0.3, 0.4) is 0 Å². The SMILES string of the molecule is C=Cc1oc2ccccc2c1/C=C\Cc1nc(-c2ccccc2)nc(-c2cc(-c3ccccc3)cc3oc4ccccc4c23)n1. The zero-order chi connectivity index (χ0) is 30.2. The van der Waals surface area contributed by atoms with Crippen molar-refractivity contribution in [2.45, 2.75) is 6.42 Å². The number of para-hydroxylation sites is 2. The molecule has 8 rings (SSSR count). The number of benzene rings is 5. The van der Waals surface area contributed by atoms with Crippen molar-refractivity contribution in [3.05, 3.63) is 151 Å². The standard InChI is InChI=1S/C40H27N3O2/c1-2-33-29(30-18-9-11-21-34(30)44-33)20-13-23-37-41-39(27-16-7-4-8-17-27)43-40(42-37)32-24-28(26-14-5-3-6-15-26)25-36-38(32)31-19-10-12-22-35(31)45-36/h2-22,24-25H,1,23H2/b20-13-. The van der Waals surface area contributed by atoms with Crippen LogP contribution in [-0.2, 0) is 6.42 Å². The predicted molar refractivity (Wildman–Crippen MR) is 182 cm³/mol. The molecule has 0 aliphatic heterocycles. The molecule has 0 aliphatic rings. The third-order valence-corrected chi connectivity index (χ3v) is 7.97. The summed E-state index contributed by atoms with van der Waals surface area (Å²) in [6.45, 7) is 3.95. The molecule has 0 fully saturated rings. The van der Waals surface area contributed by atoms with Gasteiger partial charge in [0.2, 0.25) is 0 Å². The zero-order valence-corrected chi connectivity index (χ0v) is 24.4. The summed E-state index contributed by atoms with van der Waals surface area (Å²) in [6.07, 6.45) is 6.38. The van der Waals surface area contributed by atoms with E-state index in [0.29, 0.717) is 23.9 Å². The first-order chi connectivity index (χ1) is 22.2. The van der Waals surface area contributed by atoms with Crippen LogP contribution in [0.2, 0.25) is 0 Å². The summed E-state index contributed by atoms with van der Waals surface area (Å²) in [5.41, 5.74) is 7.38. The van der Waals surface area contributed by atoms with Gasteiger partial charge in [0.05, 0.1) is 0 Å². The van der Waals surface area contributed by atoms with Crippen molar-refractivity contribution in [1.29, 1.82) is 0 Å². The normalized spacial score (nSPS) is 11.6. The summed E-state index contributed by atoms with van der Waals surface area (Å²) in [5, 5.41) is 3.04. The average Bonchev–Trinajstić information content (AvgIpc) is 3.66. The van der Waals surface area contributed by atoms with Crippen LogP contribution in [0.25, 0.3) is 79.0 Å². The van der Waals surface area contributed by atoms with Crippen molar-refractivity contribution >= 4 is 45.1 Å². The van der Waals surface area contributed by atoms with Gasteiger partial charge in [-0.05, 0) is 41.5 Å². The van der Waals surface area contributed by atoms with E-state index in [1.54, 1.807) is 6.08 Å². The van der Waals surface area contributed by atoms with Crippen molar-refractivity contribution in [2.75, 3.05) is 0 Å². The largest absolute Gasteiger partial charge is 0.456 e. The number of fused-ring (bicyclic) bond motifs is 4. The van der Waals surface area contributed by atoms with Gasteiger partial charge in [-0.1, -0.05) is 116 Å². The lowest BCUT2D eigenvalue weighted by atomic mass is 9.98. The maximum Gasteiger partial charge on any atom is 0.164 e. The summed E-state index contributed by atoms with van der Waals surface area (Å²) in [5.74, 6) is 2.62. The first-order valence-corrected chi connectivity index (χ1v) is 14.9. The van der Waals surface area contributed by atoms with Crippen molar-refractivity contribution in [2.24, 2.45) is 0 Å². The fourth-order valence-electron chi connectivity index (χ4n) is 5.87. The molecule has 0 atom stereocenters. The second-order valence-electron chi connectivity index (χ2n) is 10.8. The molecule has 0 radical (unpaired) electrons. The van der Waals surface area contributed by atoms with E-state index in [1.165, 1.54) is 0 Å². The molecule has 3 heterocycles. The van der Waals surface area contributed by atoms with Crippen molar-refractivity contribution < 1.29 is 8.83 Å². The third-order valence-electron chi connectivity index (χ3n) is 7.97. The molecule has 5 heteroatoms. The van der Waals surface area contributed by atoms with Crippen LogP contribution in [-0.4, -0.2) is 15.0 Å². The number of hydrogen-bond acceptors (Lipinski definition) is 5. The van der Waals surface area contributed by atoms with E-state index < -0.39 is 0 Å². The Balaban J connectivity index is 1.30. The molecule has 3 aromatic heterocycles. The topological polar surface area (TPSA) is 65.0 Å². The fourth-order valence-corrected chi connectivity index (χ4v) is 5.87. The van der Waals surface area contributed by atoms with Crippen molar-refractivity contribution in [3.8, 4) is 33.9 Å². The van der Waals surface area contributed by atoms with E-state index in [4.69, 9.17) is 23.8 Å². The minimum absolute atomic E-state index is 0.499. The van der Waals surface area contributed by atoms with Gasteiger partial charge in [-0.3, -0.25) is 0 Å². The third kappa shape index (κ3) is 4.90. The smallest absolute Gasteiger partial charge is 0.164 e. The van der Waals surface area contributed by atoms with E-state index in [1.807, 2.05) is 84.9 Å². The van der Waals surface area contributed by atoms with Gasteiger partial charge >= 0.3 is 0 Å². The van der Waals surface area contributed by atoms with Gasteiger partial charge in [-0.25, -0.2) is 15.0 Å². The molecular formula is C40H27N3O2. The Labute approximate surface area is 259 Å². The minimum Gasteiger partial charge on any atom is -0.456 e. The highest BCUT2D eigenvalue weighted by Gasteiger charge is 2.19. The van der Waals surface area contributed by atoms with Gasteiger partial charge in [0, 0.05) is 39.3 Å². The second-order valence-corrected chi connectivity index (χ2v) is 10.8. The summed E-state index contributed by atoms with van der Waals surface area (Å²) in [7, 11) is 0. The van der Waals surface area contributed by atoms with Crippen LogP contribution in [0.15, 0.2) is 143 Å². The van der Waals surface area contributed by atoms with Gasteiger partial charge < -0.3 is 8.83 Å². The summed E-state index contributed by atoms with van der Waals surface area (Å²) in [6, 6.07) is 40.7. The molecular weight excluding hydrogens is 554 g/mol. The van der Waals surface area contributed by atoms with Gasteiger partial charge in [-0.15, -0.1) is 0 Å². The quantitative estimate of drug-likeness (QED) is 0.187. The van der Waals surface area contributed by atoms with E-state index in [9.17, 15) is 0 Å². The van der Waals surface area contributed by atoms with Crippen molar-refractivity contribution in [1.82, 2.24) is 15.0 Å². The van der Waals surface area contributed by atoms with E-state index in [2.05, 4.69) is 55.1 Å². The number of furan rings is 2. The number of aromatic nitrogens is 3. The van der Waals surface area contributed by atoms with Crippen LogP contribution in [0.4, 0.5) is 0 Å². The van der Waals surface area contributed by atoms with Crippen molar-refractivity contribution in [3.63, 3.8) is 0 Å². The molecule has 0 aliphatic carbocycles. The second kappa shape index (κ2) is 11.2. The van der Waals surface area contributed by atoms with Crippen LogP contribution in [0.1, 0.15) is 17.1 Å². The highest BCUT2D eigenvalue weighted by atomic mass is 16.3. The zero-order valence-electron chi connectivity index (χ0n) is 24.4. The lowest BCUT2D eigenvalue weighted by Crippen LogP contribution is -2.03. The van der Waals surface area contributed by atoms with Crippen LogP contribution in [0, 0.1) is 0 Å². The minimum atomic E-state index is 0.499. The molecule has 0 N–H and O–H groups in total. The number of nitrogens with zero attached hydrogens (tertiary/aromatic N) is 3. The van der Waals surface area contributed by atoms with Crippen LogP contribution >= 0.6 is 0 Å². The molecule has 5 nitrogen and oxygen atoms in total. The first kappa shape index (κ1) is 26.5. The summed E-state index contributed by atoms with van der Waals surface area (Å²) in [4.78, 5) is 15.0. The van der Waals surface area contributed by atoms with E-state index in [0.717, 1.165) is 66.5 Å². The Morgan fingerprint density at radius 2 is 1.22 bits per heavy atom. The Bertz CT molecular complexity index is 2370. The summed E-state index contributed by atoms with van der Waals surface area (Å²) < 4.78 is 12.4. The van der Waals surface area contributed by atoms with Gasteiger partial charge in [0.25, 0.3) is 0 Å². The van der Waals surface area contributed by atoms with Gasteiger partial charge in [-0.2, -0.15) is 0 Å². The maximum atomic E-state index is 6.39. The average molecular weight is 582 g/mol. The van der Waals surface area contributed by atoms with Gasteiger partial charge in [0.1, 0.15) is 28.3 Å². The van der Waals surface area contributed by atoms with Gasteiger partial charge in [0.15, 0.2) is 11.6 Å². The molecule has 0 saturated heterocycles. The molecule has 0 spiro atoms. The Morgan fingerprint density at radius 3 is 1.98 bits per heavy atom. The highest BCUT2D eigenvalue weighted by Crippen LogP contribution is 2.39. The molecule has 45 heavy (non-hydrogen) atoms. The number of allylic oxidation sites excluding steroid dienone is 1. The monoisotopic (exact) mass is 581 g/mol. The van der Waals surface area contributed by atoms with E-state index >= 15 is 0 Å². The molecule has 0 amide bonds. The molecule has 214 valence electrons. The predicted octanol–water partition coefficient (Wildman–Crippen LogP) is 10.4. The molecule has 0 unspecified atom stereocenters. The molecule has 5 aromatic carbocycles. The first-order valence-electron chi connectivity index (χ1n) is 14.9. The molecule has 0 bridgehead atoms. The Morgan fingerprint density at radius 1 is 0.578 bits per heavy atom. The Hall–Kier alpha value is -6.07.